The molecule has 2 rings (SSSR count). The summed E-state index contributed by atoms with van der Waals surface area (Å²) in [7, 11) is 0. The van der Waals surface area contributed by atoms with Crippen LogP contribution in [0.4, 0.5) is 0 Å². The van der Waals surface area contributed by atoms with Gasteiger partial charge in [0.05, 0.1) is 24.6 Å². The standard InChI is InChI=1S/C26H41N3O3/c1-5-13-27-14-7-8-15-32-26-20(4)29-25(17-21-9-11-22(31)12-10-21)24(18-30)23(26)16-19(3)28-6-2/h9-12,19,27-28,30-31H,5-8,13-18H2,1-4H3. The minimum absolute atomic E-state index is 0.0772. The van der Waals surface area contributed by atoms with Crippen LogP contribution in [0.1, 0.15) is 68.1 Å². The van der Waals surface area contributed by atoms with Crippen molar-refractivity contribution in [2.75, 3.05) is 26.2 Å². The molecule has 0 aliphatic carbocycles. The summed E-state index contributed by atoms with van der Waals surface area (Å²) in [6.45, 7) is 11.9. The molecule has 1 aromatic heterocycles. The Balaban J connectivity index is 2.25. The van der Waals surface area contributed by atoms with Crippen molar-refractivity contribution >= 4 is 0 Å². The second-order valence-corrected chi connectivity index (χ2v) is 8.40. The van der Waals surface area contributed by atoms with Crippen molar-refractivity contribution in [3.63, 3.8) is 0 Å². The summed E-state index contributed by atoms with van der Waals surface area (Å²) in [5, 5.41) is 26.8. The Morgan fingerprint density at radius 3 is 2.47 bits per heavy atom. The van der Waals surface area contributed by atoms with Gasteiger partial charge in [-0.25, -0.2) is 0 Å². The Morgan fingerprint density at radius 1 is 1.06 bits per heavy atom. The van der Waals surface area contributed by atoms with Crippen molar-refractivity contribution in [1.29, 1.82) is 0 Å². The third kappa shape index (κ3) is 8.08. The number of phenolic OH excluding ortho intramolecular Hbond substituents is 1. The van der Waals surface area contributed by atoms with E-state index < -0.39 is 0 Å². The van der Waals surface area contributed by atoms with Crippen LogP contribution in [0.15, 0.2) is 24.3 Å². The lowest BCUT2D eigenvalue weighted by Crippen LogP contribution is -2.28. The molecule has 2 aromatic rings. The summed E-state index contributed by atoms with van der Waals surface area (Å²) >= 11 is 0. The van der Waals surface area contributed by atoms with Crippen molar-refractivity contribution in [1.82, 2.24) is 15.6 Å². The van der Waals surface area contributed by atoms with Crippen LogP contribution >= 0.6 is 0 Å². The number of ether oxygens (including phenoxy) is 1. The van der Waals surface area contributed by atoms with E-state index in [2.05, 4.69) is 31.4 Å². The molecule has 1 atom stereocenters. The fraction of sp³-hybridized carbons (Fsp3) is 0.577. The molecule has 1 heterocycles. The van der Waals surface area contributed by atoms with Gasteiger partial charge in [-0.1, -0.05) is 26.0 Å². The maximum Gasteiger partial charge on any atom is 0.144 e. The average molecular weight is 444 g/mol. The lowest BCUT2D eigenvalue weighted by molar-refractivity contribution is 0.271. The number of aromatic hydroxyl groups is 1. The van der Waals surface area contributed by atoms with Crippen molar-refractivity contribution in [3.05, 3.63) is 52.3 Å². The van der Waals surface area contributed by atoms with E-state index in [-0.39, 0.29) is 18.4 Å². The van der Waals surface area contributed by atoms with E-state index in [0.717, 1.165) is 79.1 Å². The minimum atomic E-state index is -0.0772. The maximum atomic E-state index is 10.3. The molecule has 0 aliphatic heterocycles. The van der Waals surface area contributed by atoms with Gasteiger partial charge in [0.1, 0.15) is 11.5 Å². The van der Waals surface area contributed by atoms with Crippen LogP contribution < -0.4 is 15.4 Å². The Bertz CT molecular complexity index is 809. The molecule has 178 valence electrons. The molecule has 0 spiro atoms. The SMILES string of the molecule is CCCNCCCCOc1c(C)nc(Cc2ccc(O)cc2)c(CO)c1CC(C)NCC. The van der Waals surface area contributed by atoms with Crippen LogP contribution in [0.5, 0.6) is 11.5 Å². The summed E-state index contributed by atoms with van der Waals surface area (Å²) in [4.78, 5) is 4.83. The molecule has 6 heteroatoms. The number of aliphatic hydroxyl groups excluding tert-OH is 1. The largest absolute Gasteiger partial charge is 0.508 e. The number of aromatic nitrogens is 1. The highest BCUT2D eigenvalue weighted by molar-refractivity contribution is 5.47. The lowest BCUT2D eigenvalue weighted by Gasteiger charge is -2.22. The molecule has 4 N–H and O–H groups in total. The van der Waals surface area contributed by atoms with E-state index in [9.17, 15) is 10.2 Å². The Morgan fingerprint density at radius 2 is 1.81 bits per heavy atom. The summed E-state index contributed by atoms with van der Waals surface area (Å²) in [5.41, 5.74) is 4.67. The molecule has 32 heavy (non-hydrogen) atoms. The number of hydrogen-bond donors (Lipinski definition) is 4. The third-order valence-electron chi connectivity index (χ3n) is 5.57. The first-order valence-electron chi connectivity index (χ1n) is 12.0. The first kappa shape index (κ1) is 26.1. The van der Waals surface area contributed by atoms with Gasteiger partial charge in [0.25, 0.3) is 0 Å². The molecule has 0 fully saturated rings. The van der Waals surface area contributed by atoms with Crippen LogP contribution in [-0.2, 0) is 19.4 Å². The number of likely N-dealkylation sites (N-methyl/N-ethyl adjacent to an activating group) is 1. The third-order valence-corrected chi connectivity index (χ3v) is 5.57. The van der Waals surface area contributed by atoms with Gasteiger partial charge in [-0.05, 0) is 76.9 Å². The van der Waals surface area contributed by atoms with E-state index >= 15 is 0 Å². The van der Waals surface area contributed by atoms with Gasteiger partial charge in [0.2, 0.25) is 0 Å². The molecule has 0 radical (unpaired) electrons. The number of aliphatic hydroxyl groups is 1. The zero-order valence-electron chi connectivity index (χ0n) is 20.2. The van der Waals surface area contributed by atoms with Gasteiger partial charge in [-0.15, -0.1) is 0 Å². The summed E-state index contributed by atoms with van der Waals surface area (Å²) in [6, 6.07) is 7.41. The van der Waals surface area contributed by atoms with Gasteiger partial charge < -0.3 is 25.6 Å². The fourth-order valence-electron chi connectivity index (χ4n) is 3.95. The van der Waals surface area contributed by atoms with E-state index in [1.54, 1.807) is 12.1 Å². The predicted molar refractivity (Wildman–Crippen MR) is 131 cm³/mol. The molecule has 1 unspecified atom stereocenters. The predicted octanol–water partition coefficient (Wildman–Crippen LogP) is 3.88. The van der Waals surface area contributed by atoms with E-state index in [1.807, 2.05) is 19.1 Å². The van der Waals surface area contributed by atoms with Crippen LogP contribution in [0, 0.1) is 6.92 Å². The number of pyridine rings is 1. The zero-order chi connectivity index (χ0) is 23.3. The van der Waals surface area contributed by atoms with Crippen LogP contribution in [0.2, 0.25) is 0 Å². The van der Waals surface area contributed by atoms with Crippen LogP contribution in [0.25, 0.3) is 0 Å². The second-order valence-electron chi connectivity index (χ2n) is 8.40. The number of unbranched alkanes of at least 4 members (excludes halogenated alkanes) is 1. The molecular weight excluding hydrogens is 402 g/mol. The summed E-state index contributed by atoms with van der Waals surface area (Å²) < 4.78 is 6.25. The molecule has 6 nitrogen and oxygen atoms in total. The molecular formula is C26H41N3O3. The maximum absolute atomic E-state index is 10.3. The van der Waals surface area contributed by atoms with Gasteiger partial charge >= 0.3 is 0 Å². The fourth-order valence-corrected chi connectivity index (χ4v) is 3.95. The smallest absolute Gasteiger partial charge is 0.144 e. The molecule has 0 bridgehead atoms. The number of nitrogens with zero attached hydrogens (tertiary/aromatic N) is 1. The van der Waals surface area contributed by atoms with Crippen molar-refractivity contribution in [2.45, 2.75) is 72.4 Å². The number of nitrogens with one attached hydrogen (secondary N) is 2. The van der Waals surface area contributed by atoms with Crippen LogP contribution in [-0.4, -0.2) is 47.5 Å². The van der Waals surface area contributed by atoms with Gasteiger partial charge in [0.15, 0.2) is 0 Å². The number of benzene rings is 1. The van der Waals surface area contributed by atoms with E-state index in [4.69, 9.17) is 9.72 Å². The molecule has 0 saturated heterocycles. The van der Waals surface area contributed by atoms with Gasteiger partial charge in [0, 0.05) is 23.6 Å². The average Bonchev–Trinajstić information content (AvgIpc) is 2.76. The van der Waals surface area contributed by atoms with Crippen molar-refractivity contribution < 1.29 is 14.9 Å². The number of hydrogen-bond acceptors (Lipinski definition) is 6. The quantitative estimate of drug-likeness (QED) is 0.313. The molecule has 0 aliphatic rings. The monoisotopic (exact) mass is 443 g/mol. The summed E-state index contributed by atoms with van der Waals surface area (Å²) in [5.74, 6) is 1.06. The van der Waals surface area contributed by atoms with Gasteiger partial charge in [-0.2, -0.15) is 0 Å². The highest BCUT2D eigenvalue weighted by Crippen LogP contribution is 2.31. The Kier molecular flexibility index (Phi) is 11.5. The first-order chi connectivity index (χ1) is 15.5. The molecule has 1 aromatic carbocycles. The number of phenols is 1. The van der Waals surface area contributed by atoms with Gasteiger partial charge in [-0.3, -0.25) is 4.98 Å². The minimum Gasteiger partial charge on any atom is -0.508 e. The van der Waals surface area contributed by atoms with Crippen molar-refractivity contribution in [3.8, 4) is 11.5 Å². The zero-order valence-corrected chi connectivity index (χ0v) is 20.2. The molecule has 0 saturated carbocycles. The highest BCUT2D eigenvalue weighted by atomic mass is 16.5. The highest BCUT2D eigenvalue weighted by Gasteiger charge is 2.20. The molecule has 0 amide bonds. The number of rotatable bonds is 15. The Labute approximate surface area is 193 Å². The topological polar surface area (TPSA) is 86.6 Å². The van der Waals surface area contributed by atoms with Crippen LogP contribution in [0.3, 0.4) is 0 Å². The number of aryl methyl sites for hydroxylation is 1. The lowest BCUT2D eigenvalue weighted by atomic mass is 9.95. The first-order valence-corrected chi connectivity index (χ1v) is 12.0. The van der Waals surface area contributed by atoms with Crippen molar-refractivity contribution in [2.24, 2.45) is 0 Å². The normalized spacial score (nSPS) is 12.2. The van der Waals surface area contributed by atoms with E-state index in [1.165, 1.54) is 0 Å². The second kappa shape index (κ2) is 14.1. The Hall–Kier alpha value is -2.15. The van der Waals surface area contributed by atoms with E-state index in [0.29, 0.717) is 13.0 Å². The summed E-state index contributed by atoms with van der Waals surface area (Å²) in [6.07, 6.45) is 4.56.